The molecule has 0 bridgehead atoms. The quantitative estimate of drug-likeness (QED) is 0.698. The fourth-order valence-corrected chi connectivity index (χ4v) is 2.53. The number of aromatic nitrogens is 4. The molecule has 0 unspecified atom stereocenters. The maximum absolute atomic E-state index is 11.8. The summed E-state index contributed by atoms with van der Waals surface area (Å²) in [6.07, 6.45) is 0. The normalized spacial score (nSPS) is 11.0. The van der Waals surface area contributed by atoms with Crippen LogP contribution in [-0.4, -0.2) is 26.6 Å². The van der Waals surface area contributed by atoms with Crippen LogP contribution in [0.4, 0.5) is 5.95 Å². The number of H-pyrrole nitrogens is 1. The van der Waals surface area contributed by atoms with Gasteiger partial charge in [0.05, 0.1) is 13.7 Å². The van der Waals surface area contributed by atoms with Crippen molar-refractivity contribution in [3.05, 3.63) is 44.9 Å². The molecule has 108 valence electrons. The average molecular weight is 350 g/mol. The first-order valence-electron chi connectivity index (χ1n) is 6.13. The van der Waals surface area contributed by atoms with Crippen molar-refractivity contribution in [3.8, 4) is 5.75 Å². The molecule has 0 spiro atoms. The predicted octanol–water partition coefficient (Wildman–Crippen LogP) is 1.52. The predicted molar refractivity (Wildman–Crippen MR) is 82.4 cm³/mol. The Bertz CT molecular complexity index is 853. The molecule has 0 aliphatic rings. The molecule has 3 aromatic rings. The third-order valence-electron chi connectivity index (χ3n) is 3.08. The minimum atomic E-state index is -0.355. The monoisotopic (exact) mass is 349 g/mol. The molecular weight excluding hydrogens is 338 g/mol. The number of imidazole rings is 1. The van der Waals surface area contributed by atoms with E-state index < -0.39 is 0 Å². The minimum absolute atomic E-state index is 0.0656. The molecule has 0 radical (unpaired) electrons. The van der Waals surface area contributed by atoms with Gasteiger partial charge < -0.3 is 10.5 Å². The number of hydrogen-bond donors (Lipinski definition) is 2. The zero-order valence-corrected chi connectivity index (χ0v) is 12.7. The number of hydrogen-bond acceptors (Lipinski definition) is 5. The highest BCUT2D eigenvalue weighted by Gasteiger charge is 2.14. The summed E-state index contributed by atoms with van der Waals surface area (Å²) in [5.74, 6) is 0.850. The van der Waals surface area contributed by atoms with Crippen molar-refractivity contribution in [2.24, 2.45) is 0 Å². The van der Waals surface area contributed by atoms with Crippen molar-refractivity contribution in [1.82, 2.24) is 19.5 Å². The summed E-state index contributed by atoms with van der Waals surface area (Å²) in [4.78, 5) is 22.6. The molecule has 0 fully saturated rings. The van der Waals surface area contributed by atoms with Crippen LogP contribution in [-0.2, 0) is 6.54 Å². The number of nitrogen functional groups attached to an aromatic ring is 1. The Hall–Kier alpha value is -2.35. The van der Waals surface area contributed by atoms with Gasteiger partial charge >= 0.3 is 0 Å². The van der Waals surface area contributed by atoms with Crippen molar-refractivity contribution in [2.75, 3.05) is 12.8 Å². The van der Waals surface area contributed by atoms with Crippen LogP contribution in [0.5, 0.6) is 5.75 Å². The fourth-order valence-electron chi connectivity index (χ4n) is 2.05. The Morgan fingerprint density at radius 2 is 2.05 bits per heavy atom. The molecule has 7 nitrogen and oxygen atoms in total. The van der Waals surface area contributed by atoms with E-state index in [2.05, 4.69) is 30.9 Å². The van der Waals surface area contributed by atoms with Crippen LogP contribution in [0, 0.1) is 0 Å². The number of fused-ring (bicyclic) bond motifs is 1. The van der Waals surface area contributed by atoms with Crippen molar-refractivity contribution in [2.45, 2.75) is 6.54 Å². The zero-order chi connectivity index (χ0) is 15.0. The standard InChI is InChI=1S/C13H12BrN5O2/c1-21-8-4-2-7(3-5-8)6-19-10-9(16-12(19)14)11(20)18-13(15)17-10/h2-5H,6H2,1H3,(H3,15,17,18,20). The molecule has 2 aromatic heterocycles. The third-order valence-corrected chi connectivity index (χ3v) is 3.68. The lowest BCUT2D eigenvalue weighted by atomic mass is 10.2. The van der Waals surface area contributed by atoms with Gasteiger partial charge in [0, 0.05) is 0 Å². The average Bonchev–Trinajstić information content (AvgIpc) is 2.77. The topological polar surface area (TPSA) is 98.8 Å². The summed E-state index contributed by atoms with van der Waals surface area (Å²) in [7, 11) is 1.62. The van der Waals surface area contributed by atoms with Gasteiger partial charge in [-0.15, -0.1) is 0 Å². The Morgan fingerprint density at radius 3 is 2.71 bits per heavy atom. The maximum atomic E-state index is 11.8. The number of nitrogens with two attached hydrogens (primary N) is 1. The van der Waals surface area contributed by atoms with Gasteiger partial charge in [0.15, 0.2) is 15.9 Å². The number of nitrogens with zero attached hydrogens (tertiary/aromatic N) is 3. The van der Waals surface area contributed by atoms with Crippen LogP contribution in [0.15, 0.2) is 33.8 Å². The van der Waals surface area contributed by atoms with E-state index in [1.165, 1.54) is 0 Å². The highest BCUT2D eigenvalue weighted by atomic mass is 79.9. The lowest BCUT2D eigenvalue weighted by molar-refractivity contribution is 0.414. The smallest absolute Gasteiger partial charge is 0.280 e. The first-order chi connectivity index (χ1) is 10.1. The second-order valence-corrected chi connectivity index (χ2v) is 5.15. The van der Waals surface area contributed by atoms with E-state index in [1.54, 1.807) is 11.7 Å². The Kier molecular flexibility index (Phi) is 3.38. The molecule has 2 heterocycles. The lowest BCUT2D eigenvalue weighted by Gasteiger charge is -2.07. The molecule has 0 saturated carbocycles. The van der Waals surface area contributed by atoms with E-state index in [0.717, 1.165) is 11.3 Å². The van der Waals surface area contributed by atoms with Gasteiger partial charge in [-0.1, -0.05) is 12.1 Å². The van der Waals surface area contributed by atoms with Crippen molar-refractivity contribution in [1.29, 1.82) is 0 Å². The fraction of sp³-hybridized carbons (Fsp3) is 0.154. The van der Waals surface area contributed by atoms with Crippen LogP contribution >= 0.6 is 15.9 Å². The van der Waals surface area contributed by atoms with E-state index >= 15 is 0 Å². The molecule has 3 rings (SSSR count). The number of halogens is 1. The van der Waals surface area contributed by atoms with Gasteiger partial charge in [-0.25, -0.2) is 4.98 Å². The molecule has 3 N–H and O–H groups in total. The molecule has 0 aliphatic heterocycles. The van der Waals surface area contributed by atoms with Crippen LogP contribution in [0.1, 0.15) is 5.56 Å². The number of anilines is 1. The van der Waals surface area contributed by atoms with E-state index in [4.69, 9.17) is 10.5 Å². The molecular formula is C13H12BrN5O2. The highest BCUT2D eigenvalue weighted by molar-refractivity contribution is 9.10. The van der Waals surface area contributed by atoms with E-state index in [1.807, 2.05) is 24.3 Å². The third kappa shape index (κ3) is 2.49. The Labute approximate surface area is 127 Å². The van der Waals surface area contributed by atoms with Crippen LogP contribution < -0.4 is 16.0 Å². The van der Waals surface area contributed by atoms with Gasteiger partial charge in [0.25, 0.3) is 5.56 Å². The minimum Gasteiger partial charge on any atom is -0.497 e. The van der Waals surface area contributed by atoms with Crippen LogP contribution in [0.3, 0.4) is 0 Å². The van der Waals surface area contributed by atoms with Gasteiger partial charge in [-0.3, -0.25) is 14.3 Å². The van der Waals surface area contributed by atoms with Crippen molar-refractivity contribution >= 4 is 33.0 Å². The first-order valence-corrected chi connectivity index (χ1v) is 6.92. The second-order valence-electron chi connectivity index (χ2n) is 4.44. The Balaban J connectivity index is 2.07. The van der Waals surface area contributed by atoms with E-state index in [0.29, 0.717) is 16.9 Å². The van der Waals surface area contributed by atoms with Gasteiger partial charge in [0.2, 0.25) is 5.95 Å². The van der Waals surface area contributed by atoms with Crippen LogP contribution in [0.25, 0.3) is 11.2 Å². The van der Waals surface area contributed by atoms with Gasteiger partial charge in [-0.05, 0) is 33.6 Å². The summed E-state index contributed by atoms with van der Waals surface area (Å²) in [6.45, 7) is 0.511. The number of aromatic amines is 1. The van der Waals surface area contributed by atoms with Crippen molar-refractivity contribution < 1.29 is 4.74 Å². The summed E-state index contributed by atoms with van der Waals surface area (Å²) in [5, 5.41) is 0. The molecule has 0 saturated heterocycles. The summed E-state index contributed by atoms with van der Waals surface area (Å²) < 4.78 is 7.43. The lowest BCUT2D eigenvalue weighted by Crippen LogP contribution is -2.12. The maximum Gasteiger partial charge on any atom is 0.280 e. The highest BCUT2D eigenvalue weighted by Crippen LogP contribution is 2.19. The second kappa shape index (κ2) is 5.21. The summed E-state index contributed by atoms with van der Waals surface area (Å²) in [6, 6.07) is 7.62. The Morgan fingerprint density at radius 1 is 1.33 bits per heavy atom. The SMILES string of the molecule is COc1ccc(Cn2c(Br)nc3c(=O)[nH]c(N)nc32)cc1. The number of methoxy groups -OCH3 is 1. The molecule has 0 atom stereocenters. The molecule has 0 aliphatic carbocycles. The molecule has 0 amide bonds. The zero-order valence-electron chi connectivity index (χ0n) is 11.1. The number of rotatable bonds is 3. The number of ether oxygens (including phenoxy) is 1. The van der Waals surface area contributed by atoms with Gasteiger partial charge in [-0.2, -0.15) is 4.98 Å². The molecule has 8 heteroatoms. The largest absolute Gasteiger partial charge is 0.497 e. The van der Waals surface area contributed by atoms with E-state index in [-0.39, 0.29) is 17.0 Å². The summed E-state index contributed by atoms with van der Waals surface area (Å²) in [5.41, 5.74) is 6.96. The van der Waals surface area contributed by atoms with Gasteiger partial charge in [0.1, 0.15) is 5.75 Å². The summed E-state index contributed by atoms with van der Waals surface area (Å²) >= 11 is 3.35. The molecule has 1 aromatic carbocycles. The van der Waals surface area contributed by atoms with Crippen LogP contribution in [0.2, 0.25) is 0 Å². The van der Waals surface area contributed by atoms with Crippen molar-refractivity contribution in [3.63, 3.8) is 0 Å². The first kappa shape index (κ1) is 13.6. The van der Waals surface area contributed by atoms with E-state index in [9.17, 15) is 4.79 Å². The number of benzene rings is 1. The number of nitrogens with one attached hydrogen (secondary N) is 1. The molecule has 21 heavy (non-hydrogen) atoms.